The lowest BCUT2D eigenvalue weighted by Gasteiger charge is -2.18. The summed E-state index contributed by atoms with van der Waals surface area (Å²) in [7, 11) is 0. The third-order valence-corrected chi connectivity index (χ3v) is 4.23. The van der Waals surface area contributed by atoms with E-state index in [0.717, 1.165) is 41.8 Å². The van der Waals surface area contributed by atoms with Gasteiger partial charge in [0.2, 0.25) is 0 Å². The van der Waals surface area contributed by atoms with Gasteiger partial charge in [-0.2, -0.15) is 0 Å². The first kappa shape index (κ1) is 14.4. The number of benzene rings is 2. The molecule has 0 amide bonds. The maximum atomic E-state index is 9.33. The molecule has 0 radical (unpaired) electrons. The van der Waals surface area contributed by atoms with Crippen LogP contribution in [-0.4, -0.2) is 11.7 Å². The van der Waals surface area contributed by atoms with Crippen LogP contribution in [0.2, 0.25) is 0 Å². The van der Waals surface area contributed by atoms with Crippen LogP contribution in [0.5, 0.6) is 11.5 Å². The molecule has 2 aromatic rings. The van der Waals surface area contributed by atoms with Gasteiger partial charge in [0.1, 0.15) is 11.5 Å². The van der Waals surface area contributed by atoms with Crippen molar-refractivity contribution in [2.45, 2.75) is 25.4 Å². The largest absolute Gasteiger partial charge is 0.508 e. The molecule has 1 heterocycles. The molecule has 1 atom stereocenters. The highest BCUT2D eigenvalue weighted by molar-refractivity contribution is 9.10. The molecule has 110 valence electrons. The van der Waals surface area contributed by atoms with E-state index in [2.05, 4.69) is 33.4 Å². The highest BCUT2D eigenvalue weighted by Crippen LogP contribution is 2.33. The van der Waals surface area contributed by atoms with Crippen molar-refractivity contribution in [1.29, 1.82) is 0 Å². The molecule has 2 N–H and O–H groups in total. The molecular weight excluding hydrogens is 330 g/mol. The number of hydrogen-bond donors (Lipinski definition) is 2. The zero-order chi connectivity index (χ0) is 14.7. The number of aromatic hydroxyl groups is 1. The van der Waals surface area contributed by atoms with E-state index in [1.165, 1.54) is 5.56 Å². The smallest absolute Gasteiger partial charge is 0.125 e. The van der Waals surface area contributed by atoms with Gasteiger partial charge in [0.15, 0.2) is 0 Å². The van der Waals surface area contributed by atoms with Gasteiger partial charge in [-0.1, -0.05) is 34.1 Å². The summed E-state index contributed by atoms with van der Waals surface area (Å²) in [5.41, 5.74) is 2.38. The number of hydrogen-bond acceptors (Lipinski definition) is 3. The number of fused-ring (bicyclic) bond motifs is 1. The van der Waals surface area contributed by atoms with Crippen LogP contribution in [0.4, 0.5) is 0 Å². The second kappa shape index (κ2) is 6.50. The Morgan fingerprint density at radius 3 is 2.81 bits per heavy atom. The molecule has 1 unspecified atom stereocenters. The first-order valence-electron chi connectivity index (χ1n) is 7.16. The van der Waals surface area contributed by atoms with Gasteiger partial charge in [0.05, 0.1) is 6.61 Å². The van der Waals surface area contributed by atoms with Gasteiger partial charge in [0.25, 0.3) is 0 Å². The summed E-state index contributed by atoms with van der Waals surface area (Å²) in [4.78, 5) is 0. The predicted molar refractivity (Wildman–Crippen MR) is 86.6 cm³/mol. The van der Waals surface area contributed by atoms with E-state index in [4.69, 9.17) is 4.74 Å². The minimum Gasteiger partial charge on any atom is -0.508 e. The summed E-state index contributed by atoms with van der Waals surface area (Å²) in [6, 6.07) is 13.8. The maximum Gasteiger partial charge on any atom is 0.125 e. The van der Waals surface area contributed by atoms with Gasteiger partial charge in [-0.25, -0.2) is 0 Å². The Labute approximate surface area is 133 Å². The lowest BCUT2D eigenvalue weighted by Crippen LogP contribution is -2.20. The Morgan fingerprint density at radius 2 is 2.00 bits per heavy atom. The van der Waals surface area contributed by atoms with Crippen molar-refractivity contribution in [2.75, 3.05) is 6.61 Å². The maximum absolute atomic E-state index is 9.33. The van der Waals surface area contributed by atoms with E-state index in [1.807, 2.05) is 18.2 Å². The number of phenolic OH excluding ortho intramolecular Hbond substituents is 1. The number of ether oxygens (including phenoxy) is 1. The van der Waals surface area contributed by atoms with Crippen molar-refractivity contribution >= 4 is 15.9 Å². The molecule has 0 saturated carbocycles. The SMILES string of the molecule is Oc1ccc(CNC2CCCOc3cc(Br)ccc32)cc1. The molecule has 0 fully saturated rings. The Kier molecular flexibility index (Phi) is 4.46. The quantitative estimate of drug-likeness (QED) is 0.875. The fraction of sp³-hybridized carbons (Fsp3) is 0.294. The summed E-state index contributed by atoms with van der Waals surface area (Å²) >= 11 is 3.49. The zero-order valence-electron chi connectivity index (χ0n) is 11.7. The van der Waals surface area contributed by atoms with E-state index in [0.29, 0.717) is 11.8 Å². The van der Waals surface area contributed by atoms with Crippen LogP contribution in [0.25, 0.3) is 0 Å². The van der Waals surface area contributed by atoms with Crippen LogP contribution < -0.4 is 10.1 Å². The number of nitrogens with one attached hydrogen (secondary N) is 1. The Hall–Kier alpha value is -1.52. The van der Waals surface area contributed by atoms with Crippen molar-refractivity contribution in [1.82, 2.24) is 5.32 Å². The minimum atomic E-state index is 0.296. The molecular formula is C17H18BrNO2. The molecule has 0 saturated heterocycles. The van der Waals surface area contributed by atoms with E-state index >= 15 is 0 Å². The second-order valence-corrected chi connectivity index (χ2v) is 6.19. The molecule has 1 aliphatic rings. The van der Waals surface area contributed by atoms with Crippen molar-refractivity contribution < 1.29 is 9.84 Å². The standard InChI is InChI=1S/C17H18BrNO2/c18-13-5-8-15-16(2-1-9-21-17(15)10-13)19-11-12-3-6-14(20)7-4-12/h3-8,10,16,19-20H,1-2,9,11H2. The normalized spacial score (nSPS) is 17.7. The highest BCUT2D eigenvalue weighted by Gasteiger charge is 2.19. The molecule has 3 rings (SSSR count). The van der Waals surface area contributed by atoms with Crippen LogP contribution in [0.1, 0.15) is 30.0 Å². The number of rotatable bonds is 3. The average Bonchev–Trinajstić information content (AvgIpc) is 2.68. The van der Waals surface area contributed by atoms with Crippen LogP contribution >= 0.6 is 15.9 Å². The second-order valence-electron chi connectivity index (χ2n) is 5.27. The third kappa shape index (κ3) is 3.57. The van der Waals surface area contributed by atoms with Crippen LogP contribution in [0, 0.1) is 0 Å². The first-order valence-corrected chi connectivity index (χ1v) is 7.95. The number of halogens is 1. The molecule has 0 aliphatic carbocycles. The topological polar surface area (TPSA) is 41.5 Å². The molecule has 3 nitrogen and oxygen atoms in total. The van der Waals surface area contributed by atoms with E-state index in [1.54, 1.807) is 12.1 Å². The summed E-state index contributed by atoms with van der Waals surface area (Å²) < 4.78 is 6.87. The number of phenols is 1. The molecule has 2 aromatic carbocycles. The van der Waals surface area contributed by atoms with Gasteiger partial charge >= 0.3 is 0 Å². The van der Waals surface area contributed by atoms with Crippen molar-refractivity contribution in [3.8, 4) is 11.5 Å². The average molecular weight is 348 g/mol. The predicted octanol–water partition coefficient (Wildman–Crippen LogP) is 4.16. The monoisotopic (exact) mass is 347 g/mol. The molecule has 4 heteroatoms. The van der Waals surface area contributed by atoms with Gasteiger partial charge in [-0.05, 0) is 42.7 Å². The summed E-state index contributed by atoms with van der Waals surface area (Å²) in [5, 5.41) is 12.9. The first-order chi connectivity index (χ1) is 10.2. The Balaban J connectivity index is 1.74. The van der Waals surface area contributed by atoms with E-state index < -0.39 is 0 Å². The van der Waals surface area contributed by atoms with Crippen molar-refractivity contribution in [3.05, 3.63) is 58.1 Å². The van der Waals surface area contributed by atoms with E-state index in [-0.39, 0.29) is 0 Å². The van der Waals surface area contributed by atoms with Crippen LogP contribution in [0.15, 0.2) is 46.9 Å². The van der Waals surface area contributed by atoms with Crippen molar-refractivity contribution in [3.63, 3.8) is 0 Å². The van der Waals surface area contributed by atoms with E-state index in [9.17, 15) is 5.11 Å². The zero-order valence-corrected chi connectivity index (χ0v) is 13.3. The molecule has 21 heavy (non-hydrogen) atoms. The fourth-order valence-corrected chi connectivity index (χ4v) is 2.95. The van der Waals surface area contributed by atoms with Gasteiger partial charge < -0.3 is 15.2 Å². The highest BCUT2D eigenvalue weighted by atomic mass is 79.9. The third-order valence-electron chi connectivity index (χ3n) is 3.73. The Bertz CT molecular complexity index is 613. The summed E-state index contributed by atoms with van der Waals surface area (Å²) in [6.45, 7) is 1.54. The van der Waals surface area contributed by atoms with Crippen molar-refractivity contribution in [2.24, 2.45) is 0 Å². The molecule has 0 bridgehead atoms. The van der Waals surface area contributed by atoms with Gasteiger partial charge in [0, 0.05) is 22.6 Å². The lowest BCUT2D eigenvalue weighted by atomic mass is 10.0. The molecule has 0 spiro atoms. The minimum absolute atomic E-state index is 0.296. The fourth-order valence-electron chi connectivity index (χ4n) is 2.61. The lowest BCUT2D eigenvalue weighted by molar-refractivity contribution is 0.315. The van der Waals surface area contributed by atoms with Gasteiger partial charge in [-0.15, -0.1) is 0 Å². The van der Waals surface area contributed by atoms with Crippen LogP contribution in [0.3, 0.4) is 0 Å². The molecule has 1 aliphatic heterocycles. The Morgan fingerprint density at radius 1 is 1.19 bits per heavy atom. The van der Waals surface area contributed by atoms with Crippen LogP contribution in [-0.2, 0) is 6.54 Å². The van der Waals surface area contributed by atoms with Gasteiger partial charge in [-0.3, -0.25) is 0 Å². The summed E-state index contributed by atoms with van der Waals surface area (Å²) in [6.07, 6.45) is 2.10. The summed E-state index contributed by atoms with van der Waals surface area (Å²) in [5.74, 6) is 1.27. The molecule has 0 aromatic heterocycles.